The van der Waals surface area contributed by atoms with Crippen LogP contribution in [0.25, 0.3) is 0 Å². The van der Waals surface area contributed by atoms with Gasteiger partial charge in [0.1, 0.15) is 11.8 Å². The van der Waals surface area contributed by atoms with Crippen LogP contribution in [0, 0.1) is 11.3 Å². The zero-order valence-electron chi connectivity index (χ0n) is 12.5. The first-order valence-corrected chi connectivity index (χ1v) is 7.27. The number of para-hydroxylation sites is 1. The van der Waals surface area contributed by atoms with E-state index in [0.29, 0.717) is 24.4 Å². The van der Waals surface area contributed by atoms with Crippen LogP contribution in [0.3, 0.4) is 0 Å². The Morgan fingerprint density at radius 3 is 2.68 bits per heavy atom. The first-order valence-electron chi connectivity index (χ1n) is 7.27. The van der Waals surface area contributed by atoms with Crippen molar-refractivity contribution in [3.8, 4) is 11.8 Å². The Labute approximate surface area is 129 Å². The summed E-state index contributed by atoms with van der Waals surface area (Å²) in [6, 6.07) is 8.90. The van der Waals surface area contributed by atoms with Crippen LogP contribution in [0.15, 0.2) is 24.3 Å². The van der Waals surface area contributed by atoms with E-state index in [9.17, 15) is 9.59 Å². The molecule has 0 spiro atoms. The van der Waals surface area contributed by atoms with Crippen LogP contribution in [-0.4, -0.2) is 42.5 Å². The van der Waals surface area contributed by atoms with E-state index in [-0.39, 0.29) is 24.5 Å². The molecule has 6 heteroatoms. The second-order valence-corrected chi connectivity index (χ2v) is 5.24. The topological polar surface area (TPSA) is 82.4 Å². The molecule has 0 unspecified atom stereocenters. The number of rotatable bonds is 4. The van der Waals surface area contributed by atoms with E-state index < -0.39 is 0 Å². The molecule has 1 aromatic carbocycles. The van der Waals surface area contributed by atoms with Gasteiger partial charge in [-0.2, -0.15) is 5.26 Å². The zero-order chi connectivity index (χ0) is 15.9. The van der Waals surface area contributed by atoms with E-state index in [1.807, 2.05) is 6.07 Å². The van der Waals surface area contributed by atoms with Gasteiger partial charge >= 0.3 is 0 Å². The monoisotopic (exact) mass is 301 g/mol. The number of hydrogen-bond acceptors (Lipinski definition) is 4. The van der Waals surface area contributed by atoms with Crippen molar-refractivity contribution in [2.45, 2.75) is 25.8 Å². The SMILES string of the molecule is CC(=O)N1CCC(NC(=O)COc2ccccc2C#N)CC1. The quantitative estimate of drug-likeness (QED) is 0.901. The van der Waals surface area contributed by atoms with E-state index in [0.717, 1.165) is 12.8 Å². The largest absolute Gasteiger partial charge is 0.482 e. The molecule has 1 N–H and O–H groups in total. The van der Waals surface area contributed by atoms with Gasteiger partial charge in [0.15, 0.2) is 6.61 Å². The summed E-state index contributed by atoms with van der Waals surface area (Å²) >= 11 is 0. The van der Waals surface area contributed by atoms with Crippen LogP contribution < -0.4 is 10.1 Å². The van der Waals surface area contributed by atoms with Gasteiger partial charge < -0.3 is 15.0 Å². The lowest BCUT2D eigenvalue weighted by Gasteiger charge is -2.31. The molecule has 116 valence electrons. The molecule has 2 rings (SSSR count). The summed E-state index contributed by atoms with van der Waals surface area (Å²) in [6.45, 7) is 2.77. The molecule has 1 aliphatic rings. The molecule has 2 amide bonds. The van der Waals surface area contributed by atoms with E-state index in [4.69, 9.17) is 10.00 Å². The van der Waals surface area contributed by atoms with Gasteiger partial charge in [0.2, 0.25) is 5.91 Å². The van der Waals surface area contributed by atoms with Crippen LogP contribution >= 0.6 is 0 Å². The summed E-state index contributed by atoms with van der Waals surface area (Å²) in [5, 5.41) is 11.9. The third-order valence-electron chi connectivity index (χ3n) is 3.67. The summed E-state index contributed by atoms with van der Waals surface area (Å²) in [5.74, 6) is 0.266. The average molecular weight is 301 g/mol. The molecular weight excluding hydrogens is 282 g/mol. The van der Waals surface area contributed by atoms with Crippen molar-refractivity contribution in [1.82, 2.24) is 10.2 Å². The fraction of sp³-hybridized carbons (Fsp3) is 0.438. The molecule has 1 aromatic rings. The molecule has 0 saturated carbocycles. The number of likely N-dealkylation sites (tertiary alicyclic amines) is 1. The minimum Gasteiger partial charge on any atom is -0.482 e. The van der Waals surface area contributed by atoms with Gasteiger partial charge in [0, 0.05) is 26.1 Å². The zero-order valence-corrected chi connectivity index (χ0v) is 12.5. The summed E-state index contributed by atoms with van der Waals surface area (Å²) in [4.78, 5) is 24.9. The lowest BCUT2D eigenvalue weighted by atomic mass is 10.1. The van der Waals surface area contributed by atoms with Crippen LogP contribution in [0.4, 0.5) is 0 Å². The highest BCUT2D eigenvalue weighted by Crippen LogP contribution is 2.16. The lowest BCUT2D eigenvalue weighted by molar-refractivity contribution is -0.130. The molecule has 1 fully saturated rings. The number of piperidine rings is 1. The molecule has 0 radical (unpaired) electrons. The van der Waals surface area contributed by atoms with Crippen molar-refractivity contribution >= 4 is 11.8 Å². The summed E-state index contributed by atoms with van der Waals surface area (Å²) in [7, 11) is 0. The third kappa shape index (κ3) is 4.22. The average Bonchev–Trinajstić information content (AvgIpc) is 2.53. The van der Waals surface area contributed by atoms with Crippen LogP contribution in [0.1, 0.15) is 25.3 Å². The highest BCUT2D eigenvalue weighted by Gasteiger charge is 2.22. The number of hydrogen-bond donors (Lipinski definition) is 1. The third-order valence-corrected chi connectivity index (χ3v) is 3.67. The number of nitriles is 1. The predicted molar refractivity (Wildman–Crippen MR) is 80.1 cm³/mol. The molecule has 0 aromatic heterocycles. The normalized spacial score (nSPS) is 15.0. The van der Waals surface area contributed by atoms with Gasteiger partial charge in [-0.15, -0.1) is 0 Å². The van der Waals surface area contributed by atoms with E-state index >= 15 is 0 Å². The van der Waals surface area contributed by atoms with Gasteiger partial charge in [-0.25, -0.2) is 0 Å². The van der Waals surface area contributed by atoms with Gasteiger partial charge in [-0.3, -0.25) is 9.59 Å². The second-order valence-electron chi connectivity index (χ2n) is 5.24. The van der Waals surface area contributed by atoms with E-state index in [1.54, 1.807) is 36.1 Å². The molecule has 0 bridgehead atoms. The van der Waals surface area contributed by atoms with Gasteiger partial charge in [-0.05, 0) is 25.0 Å². The molecule has 1 saturated heterocycles. The van der Waals surface area contributed by atoms with E-state index in [1.165, 1.54) is 0 Å². The summed E-state index contributed by atoms with van der Waals surface area (Å²) in [5.41, 5.74) is 0.407. The Hall–Kier alpha value is -2.55. The number of benzene rings is 1. The number of nitrogens with one attached hydrogen (secondary N) is 1. The van der Waals surface area contributed by atoms with Crippen molar-refractivity contribution in [2.75, 3.05) is 19.7 Å². The molecule has 0 atom stereocenters. The Morgan fingerprint density at radius 2 is 2.05 bits per heavy atom. The van der Waals surface area contributed by atoms with Crippen molar-refractivity contribution in [1.29, 1.82) is 5.26 Å². The molecule has 22 heavy (non-hydrogen) atoms. The Bertz CT molecular complexity index is 587. The standard InChI is InChI=1S/C16H19N3O3/c1-12(20)19-8-6-14(7-9-19)18-16(21)11-22-15-5-3-2-4-13(15)10-17/h2-5,14H,6-9,11H2,1H3,(H,18,21). The number of amides is 2. The maximum absolute atomic E-state index is 11.9. The minimum atomic E-state index is -0.214. The van der Waals surface area contributed by atoms with Crippen molar-refractivity contribution in [3.05, 3.63) is 29.8 Å². The Kier molecular flexibility index (Phi) is 5.37. The molecule has 6 nitrogen and oxygen atoms in total. The first-order chi connectivity index (χ1) is 10.6. The van der Waals surface area contributed by atoms with Crippen LogP contribution in [-0.2, 0) is 9.59 Å². The van der Waals surface area contributed by atoms with Crippen molar-refractivity contribution in [2.24, 2.45) is 0 Å². The molecule has 0 aliphatic carbocycles. The predicted octanol–water partition coefficient (Wildman–Crippen LogP) is 1.06. The Balaban J connectivity index is 1.77. The maximum Gasteiger partial charge on any atom is 0.258 e. The fourth-order valence-corrected chi connectivity index (χ4v) is 2.44. The number of carbonyl (C=O) groups excluding carboxylic acids is 2. The van der Waals surface area contributed by atoms with Gasteiger partial charge in [0.25, 0.3) is 5.91 Å². The van der Waals surface area contributed by atoms with E-state index in [2.05, 4.69) is 5.32 Å². The smallest absolute Gasteiger partial charge is 0.258 e. The van der Waals surface area contributed by atoms with Crippen LogP contribution in [0.5, 0.6) is 5.75 Å². The minimum absolute atomic E-state index is 0.0675. The first kappa shape index (κ1) is 15.8. The second kappa shape index (κ2) is 7.46. The maximum atomic E-state index is 11.9. The summed E-state index contributed by atoms with van der Waals surface area (Å²) < 4.78 is 5.39. The fourth-order valence-electron chi connectivity index (χ4n) is 2.44. The number of ether oxygens (including phenoxy) is 1. The van der Waals surface area contributed by atoms with Gasteiger partial charge in [-0.1, -0.05) is 12.1 Å². The van der Waals surface area contributed by atoms with Crippen molar-refractivity contribution in [3.63, 3.8) is 0 Å². The number of carbonyl (C=O) groups is 2. The molecule has 1 heterocycles. The van der Waals surface area contributed by atoms with Gasteiger partial charge in [0.05, 0.1) is 5.56 Å². The number of nitrogens with zero attached hydrogens (tertiary/aromatic N) is 2. The highest BCUT2D eigenvalue weighted by molar-refractivity contribution is 5.78. The van der Waals surface area contributed by atoms with Crippen LogP contribution in [0.2, 0.25) is 0 Å². The molecule has 1 aliphatic heterocycles. The lowest BCUT2D eigenvalue weighted by Crippen LogP contribution is -2.47. The van der Waals surface area contributed by atoms with Crippen molar-refractivity contribution < 1.29 is 14.3 Å². The molecular formula is C16H19N3O3. The summed E-state index contributed by atoms with van der Waals surface area (Å²) in [6.07, 6.45) is 1.50. The Morgan fingerprint density at radius 1 is 1.36 bits per heavy atom. The highest BCUT2D eigenvalue weighted by atomic mass is 16.5.